The van der Waals surface area contributed by atoms with Gasteiger partial charge in [0.05, 0.1) is 11.7 Å². The van der Waals surface area contributed by atoms with Crippen LogP contribution in [0.1, 0.15) is 35.9 Å². The average molecular weight is 270 g/mol. The molecule has 1 aliphatic carbocycles. The molecule has 1 N–H and O–H groups in total. The van der Waals surface area contributed by atoms with Crippen molar-refractivity contribution in [1.82, 2.24) is 9.97 Å². The zero-order valence-electron chi connectivity index (χ0n) is 10.4. The van der Waals surface area contributed by atoms with E-state index in [1.807, 2.05) is 6.92 Å². The number of aryl methyl sites for hydroxylation is 1. The van der Waals surface area contributed by atoms with Crippen molar-refractivity contribution in [2.45, 2.75) is 38.8 Å². The van der Waals surface area contributed by atoms with E-state index in [2.05, 4.69) is 15.3 Å². The molecule has 0 unspecified atom stereocenters. The summed E-state index contributed by atoms with van der Waals surface area (Å²) in [6, 6.07) is 0.283. The third kappa shape index (κ3) is 2.79. The van der Waals surface area contributed by atoms with E-state index in [1.165, 1.54) is 0 Å². The molecule has 0 spiro atoms. The minimum Gasteiger partial charge on any atom is -0.378 e. The highest BCUT2D eigenvalue weighted by atomic mass is 35.5. The van der Waals surface area contributed by atoms with Crippen molar-refractivity contribution in [3.05, 3.63) is 16.5 Å². The van der Waals surface area contributed by atoms with E-state index in [0.29, 0.717) is 29.6 Å². The molecule has 1 aromatic heterocycles. The van der Waals surface area contributed by atoms with Crippen LogP contribution in [0.25, 0.3) is 0 Å². The Balaban J connectivity index is 2.04. The van der Waals surface area contributed by atoms with Gasteiger partial charge in [-0.2, -0.15) is 0 Å². The van der Waals surface area contributed by atoms with E-state index in [1.54, 1.807) is 6.92 Å². The molecule has 1 saturated carbocycles. The molecule has 0 radical (unpaired) electrons. The van der Waals surface area contributed by atoms with Gasteiger partial charge in [0.2, 0.25) is 0 Å². The minimum atomic E-state index is 0.195. The lowest BCUT2D eigenvalue weighted by atomic mass is 9.89. The van der Waals surface area contributed by atoms with Crippen LogP contribution in [0, 0.1) is 6.92 Å². The van der Waals surface area contributed by atoms with Crippen molar-refractivity contribution in [3.8, 4) is 0 Å². The number of hydrogen-bond acceptors (Lipinski definition) is 5. The number of anilines is 1. The predicted molar refractivity (Wildman–Crippen MR) is 69.2 cm³/mol. The number of nitrogens with one attached hydrogen (secondary N) is 1. The summed E-state index contributed by atoms with van der Waals surface area (Å²) in [5, 5.41) is 3.42. The summed E-state index contributed by atoms with van der Waals surface area (Å²) in [6.07, 6.45) is 2.84. The number of carbonyl (C=O) groups is 1. The Kier molecular flexibility index (Phi) is 4.14. The SMILES string of the molecule is CCOC1CC(Nc2nc(C)nc(Cl)c2C=O)C1. The van der Waals surface area contributed by atoms with Crippen molar-refractivity contribution in [1.29, 1.82) is 0 Å². The average Bonchev–Trinajstić information content (AvgIpc) is 2.25. The summed E-state index contributed by atoms with van der Waals surface area (Å²) in [5.41, 5.74) is 0.321. The van der Waals surface area contributed by atoms with Gasteiger partial charge in [-0.15, -0.1) is 0 Å². The Morgan fingerprint density at radius 3 is 2.83 bits per heavy atom. The predicted octanol–water partition coefficient (Wildman–Crippen LogP) is 2.23. The molecule has 5 nitrogen and oxygen atoms in total. The van der Waals surface area contributed by atoms with Crippen molar-refractivity contribution in [2.75, 3.05) is 11.9 Å². The summed E-state index contributed by atoms with van der Waals surface area (Å²) in [6.45, 7) is 4.46. The molecule has 98 valence electrons. The molecule has 0 saturated heterocycles. The summed E-state index contributed by atoms with van der Waals surface area (Å²) < 4.78 is 5.48. The van der Waals surface area contributed by atoms with Gasteiger partial charge in [0.15, 0.2) is 6.29 Å². The third-order valence-electron chi connectivity index (χ3n) is 2.97. The first kappa shape index (κ1) is 13.2. The number of rotatable bonds is 5. The van der Waals surface area contributed by atoms with Crippen LogP contribution < -0.4 is 5.32 Å². The highest BCUT2D eigenvalue weighted by Crippen LogP contribution is 2.28. The fourth-order valence-corrected chi connectivity index (χ4v) is 2.27. The van der Waals surface area contributed by atoms with Crippen molar-refractivity contribution in [2.24, 2.45) is 0 Å². The van der Waals surface area contributed by atoms with Gasteiger partial charge in [-0.05, 0) is 26.7 Å². The zero-order valence-corrected chi connectivity index (χ0v) is 11.2. The van der Waals surface area contributed by atoms with Crippen molar-refractivity contribution < 1.29 is 9.53 Å². The second-order valence-corrected chi connectivity index (χ2v) is 4.69. The van der Waals surface area contributed by atoms with E-state index >= 15 is 0 Å². The number of ether oxygens (including phenoxy) is 1. The second-order valence-electron chi connectivity index (χ2n) is 4.33. The zero-order chi connectivity index (χ0) is 13.1. The van der Waals surface area contributed by atoms with Gasteiger partial charge in [-0.1, -0.05) is 11.6 Å². The molecule has 0 aliphatic heterocycles. The molecule has 1 aromatic rings. The van der Waals surface area contributed by atoms with Crippen LogP contribution in [0.4, 0.5) is 5.82 Å². The Bertz CT molecular complexity index is 447. The summed E-state index contributed by atoms with van der Waals surface area (Å²) in [5.74, 6) is 1.07. The number of aromatic nitrogens is 2. The van der Waals surface area contributed by atoms with Crippen LogP contribution in [-0.4, -0.2) is 35.0 Å². The highest BCUT2D eigenvalue weighted by Gasteiger charge is 2.30. The Morgan fingerprint density at radius 2 is 2.22 bits per heavy atom. The largest absolute Gasteiger partial charge is 0.378 e. The minimum absolute atomic E-state index is 0.195. The van der Waals surface area contributed by atoms with E-state index in [-0.39, 0.29) is 11.2 Å². The standard InChI is InChI=1S/C12H16ClN3O2/c1-3-18-9-4-8(5-9)16-12-10(6-17)11(13)14-7(2)15-12/h6,8-9H,3-5H2,1-2H3,(H,14,15,16). The monoisotopic (exact) mass is 269 g/mol. The van der Waals surface area contributed by atoms with Gasteiger partial charge >= 0.3 is 0 Å². The molecule has 2 rings (SSSR count). The van der Waals surface area contributed by atoms with Crippen LogP contribution in [0.15, 0.2) is 0 Å². The molecule has 1 heterocycles. The van der Waals surface area contributed by atoms with Gasteiger partial charge < -0.3 is 10.1 Å². The Labute approximate surface area is 111 Å². The fourth-order valence-electron chi connectivity index (χ4n) is 2.01. The van der Waals surface area contributed by atoms with Crippen molar-refractivity contribution in [3.63, 3.8) is 0 Å². The normalized spacial score (nSPS) is 22.4. The van der Waals surface area contributed by atoms with Crippen LogP contribution in [0.2, 0.25) is 5.15 Å². The van der Waals surface area contributed by atoms with Crippen LogP contribution in [-0.2, 0) is 4.74 Å². The molecule has 0 bridgehead atoms. The first-order valence-electron chi connectivity index (χ1n) is 6.01. The van der Waals surface area contributed by atoms with E-state index < -0.39 is 0 Å². The van der Waals surface area contributed by atoms with Gasteiger partial charge in [-0.25, -0.2) is 9.97 Å². The topological polar surface area (TPSA) is 64.1 Å². The molecular weight excluding hydrogens is 254 g/mol. The van der Waals surface area contributed by atoms with Gasteiger partial charge in [0.1, 0.15) is 16.8 Å². The summed E-state index contributed by atoms with van der Waals surface area (Å²) >= 11 is 5.91. The lowest BCUT2D eigenvalue weighted by Crippen LogP contribution is -2.41. The van der Waals surface area contributed by atoms with Crippen molar-refractivity contribution >= 4 is 23.7 Å². The first-order valence-corrected chi connectivity index (χ1v) is 6.39. The van der Waals surface area contributed by atoms with Gasteiger partial charge in [0, 0.05) is 12.6 Å². The first-order chi connectivity index (χ1) is 8.63. The second kappa shape index (κ2) is 5.63. The van der Waals surface area contributed by atoms with Gasteiger partial charge in [0.25, 0.3) is 0 Å². The molecule has 6 heteroatoms. The fraction of sp³-hybridized carbons (Fsp3) is 0.583. The quantitative estimate of drug-likeness (QED) is 0.656. The number of hydrogen-bond donors (Lipinski definition) is 1. The van der Waals surface area contributed by atoms with Gasteiger partial charge in [-0.3, -0.25) is 4.79 Å². The van der Waals surface area contributed by atoms with Crippen LogP contribution in [0.3, 0.4) is 0 Å². The number of halogens is 1. The van der Waals surface area contributed by atoms with E-state index in [0.717, 1.165) is 19.4 Å². The smallest absolute Gasteiger partial charge is 0.156 e. The van der Waals surface area contributed by atoms with E-state index in [4.69, 9.17) is 16.3 Å². The lowest BCUT2D eigenvalue weighted by Gasteiger charge is -2.35. The summed E-state index contributed by atoms with van der Waals surface area (Å²) in [4.78, 5) is 19.2. The van der Waals surface area contributed by atoms with Crippen LogP contribution >= 0.6 is 11.6 Å². The Hall–Kier alpha value is -1.20. The summed E-state index contributed by atoms with van der Waals surface area (Å²) in [7, 11) is 0. The molecule has 0 amide bonds. The molecule has 0 atom stereocenters. The van der Waals surface area contributed by atoms with Crippen LogP contribution in [0.5, 0.6) is 0 Å². The van der Waals surface area contributed by atoms with E-state index in [9.17, 15) is 4.79 Å². The maximum Gasteiger partial charge on any atom is 0.156 e. The third-order valence-corrected chi connectivity index (χ3v) is 3.25. The maximum absolute atomic E-state index is 11.0. The number of carbonyl (C=O) groups excluding carboxylic acids is 1. The number of nitrogens with zero attached hydrogens (tertiary/aromatic N) is 2. The maximum atomic E-state index is 11.0. The highest BCUT2D eigenvalue weighted by molar-refractivity contribution is 6.32. The number of aldehydes is 1. The Morgan fingerprint density at radius 1 is 1.50 bits per heavy atom. The molecule has 1 aliphatic rings. The molecule has 1 fully saturated rings. The molecule has 0 aromatic carbocycles. The molecular formula is C12H16ClN3O2. The lowest BCUT2D eigenvalue weighted by molar-refractivity contribution is 0.00292. The molecule has 18 heavy (non-hydrogen) atoms.